The molecule has 1 unspecified atom stereocenters. The van der Waals surface area contributed by atoms with Gasteiger partial charge in [0.05, 0.1) is 16.3 Å². The number of Topliss-reactive ketones (excluding diaryl/α,β-unsaturated/α-hetero) is 1. The number of carbonyl (C=O) groups is 3. The van der Waals surface area contributed by atoms with Gasteiger partial charge in [-0.25, -0.2) is 4.39 Å². The summed E-state index contributed by atoms with van der Waals surface area (Å²) in [4.78, 5) is 44.0. The first-order chi connectivity index (χ1) is 15.8. The number of pyridine rings is 1. The number of halogens is 5. The predicted octanol–water partition coefficient (Wildman–Crippen LogP) is 4.60. The van der Waals surface area contributed by atoms with Gasteiger partial charge in [0.25, 0.3) is 11.8 Å². The Balaban J connectivity index is 1.96. The first-order valence-corrected chi connectivity index (χ1v) is 10.5. The van der Waals surface area contributed by atoms with Gasteiger partial charge in [-0.2, -0.15) is 13.2 Å². The van der Waals surface area contributed by atoms with Crippen molar-refractivity contribution >= 4 is 34.9 Å². The van der Waals surface area contributed by atoms with Crippen LogP contribution in [0.5, 0.6) is 0 Å². The van der Waals surface area contributed by atoms with Gasteiger partial charge in [0.15, 0.2) is 5.78 Å². The molecule has 1 aliphatic carbocycles. The number of allylic oxidation sites excluding steroid dienone is 1. The lowest BCUT2D eigenvalue weighted by molar-refractivity contribution is -0.186. The van der Waals surface area contributed by atoms with Gasteiger partial charge in [-0.05, 0) is 42.2 Å². The van der Waals surface area contributed by atoms with E-state index >= 15 is 0 Å². The molecule has 178 valence electrons. The molecule has 2 heterocycles. The third-order valence-corrected chi connectivity index (χ3v) is 6.14. The fourth-order valence-electron chi connectivity index (χ4n) is 4.39. The van der Waals surface area contributed by atoms with Gasteiger partial charge in [0.2, 0.25) is 5.54 Å². The van der Waals surface area contributed by atoms with Crippen molar-refractivity contribution in [2.45, 2.75) is 38.4 Å². The van der Waals surface area contributed by atoms with Gasteiger partial charge in [-0.1, -0.05) is 25.4 Å². The monoisotopic (exact) mass is 495 g/mol. The van der Waals surface area contributed by atoms with Crippen molar-refractivity contribution in [3.05, 3.63) is 70.4 Å². The van der Waals surface area contributed by atoms with Crippen molar-refractivity contribution in [3.8, 4) is 0 Å². The van der Waals surface area contributed by atoms with E-state index in [1.165, 1.54) is 24.5 Å². The van der Waals surface area contributed by atoms with Crippen LogP contribution in [0.3, 0.4) is 0 Å². The Kier molecular flexibility index (Phi) is 5.55. The van der Waals surface area contributed by atoms with Gasteiger partial charge >= 0.3 is 6.18 Å². The minimum absolute atomic E-state index is 0.0717. The molecule has 1 N–H and O–H groups in total. The zero-order valence-electron chi connectivity index (χ0n) is 18.0. The molecule has 0 fully saturated rings. The second-order valence-electron chi connectivity index (χ2n) is 8.94. The third-order valence-electron chi connectivity index (χ3n) is 5.85. The maximum atomic E-state index is 14.8. The van der Waals surface area contributed by atoms with Crippen LogP contribution in [-0.2, 0) is 9.59 Å². The van der Waals surface area contributed by atoms with Crippen LogP contribution in [0.2, 0.25) is 5.02 Å². The van der Waals surface area contributed by atoms with E-state index in [-0.39, 0.29) is 29.8 Å². The fourth-order valence-corrected chi connectivity index (χ4v) is 4.57. The SMILES string of the molecule is CC1(C)CC(=O)C2=C(C1)N(c1ccc(F)c(Cl)c1)C(=O)C2(NC(=O)c1ccncc1)C(F)(F)F. The molecule has 2 amide bonds. The lowest BCUT2D eigenvalue weighted by Gasteiger charge is -2.35. The van der Waals surface area contributed by atoms with E-state index < -0.39 is 51.1 Å². The predicted molar refractivity (Wildman–Crippen MR) is 114 cm³/mol. The highest BCUT2D eigenvalue weighted by molar-refractivity contribution is 6.31. The quantitative estimate of drug-likeness (QED) is 0.631. The van der Waals surface area contributed by atoms with Gasteiger partial charge in [0, 0.05) is 30.1 Å². The van der Waals surface area contributed by atoms with Crippen LogP contribution < -0.4 is 10.2 Å². The summed E-state index contributed by atoms with van der Waals surface area (Å²) in [6.45, 7) is 3.36. The number of hydrogen-bond donors (Lipinski definition) is 1. The van der Waals surface area contributed by atoms with Gasteiger partial charge in [-0.15, -0.1) is 0 Å². The molecule has 0 saturated heterocycles. The van der Waals surface area contributed by atoms with Crippen LogP contribution >= 0.6 is 11.6 Å². The topological polar surface area (TPSA) is 79.4 Å². The molecule has 1 aromatic heterocycles. The first kappa shape index (κ1) is 23.9. The Morgan fingerprint density at radius 2 is 1.76 bits per heavy atom. The van der Waals surface area contributed by atoms with E-state index in [2.05, 4.69) is 4.98 Å². The smallest absolute Gasteiger partial charge is 0.326 e. The standard InChI is InChI=1S/C23H18ClF4N3O3/c1-21(2)10-16-18(17(32)11-21)22(23(26,27)28,30-19(33)12-5-7-29-8-6-12)20(34)31(16)13-3-4-15(25)14(24)9-13/h3-9H,10-11H2,1-2H3,(H,30,33). The number of nitrogens with zero attached hydrogens (tertiary/aromatic N) is 2. The Morgan fingerprint density at radius 3 is 2.35 bits per heavy atom. The van der Waals surface area contributed by atoms with Crippen LogP contribution in [-0.4, -0.2) is 34.3 Å². The summed E-state index contributed by atoms with van der Waals surface area (Å²) in [5.41, 5.74) is -5.78. The van der Waals surface area contributed by atoms with E-state index in [0.29, 0.717) is 4.90 Å². The molecule has 1 atom stereocenters. The minimum atomic E-state index is -5.37. The van der Waals surface area contributed by atoms with Crippen LogP contribution in [0.15, 0.2) is 54.0 Å². The highest BCUT2D eigenvalue weighted by atomic mass is 35.5. The molecule has 0 bridgehead atoms. The number of nitrogens with one attached hydrogen (secondary N) is 1. The summed E-state index contributed by atoms with van der Waals surface area (Å²) in [6.07, 6.45) is -3.30. The van der Waals surface area contributed by atoms with Crippen molar-refractivity contribution in [1.82, 2.24) is 10.3 Å². The Morgan fingerprint density at radius 1 is 1.12 bits per heavy atom. The number of ketones is 1. The van der Waals surface area contributed by atoms with Crippen LogP contribution in [0.25, 0.3) is 0 Å². The van der Waals surface area contributed by atoms with Crippen molar-refractivity contribution in [1.29, 1.82) is 0 Å². The van der Waals surface area contributed by atoms with Crippen LogP contribution in [0, 0.1) is 11.2 Å². The Labute approximate surface area is 196 Å². The maximum absolute atomic E-state index is 14.8. The number of alkyl halides is 3. The average Bonchev–Trinajstić information content (AvgIpc) is 2.98. The van der Waals surface area contributed by atoms with Crippen LogP contribution in [0.4, 0.5) is 23.2 Å². The van der Waals surface area contributed by atoms with E-state index in [1.807, 2.05) is 5.32 Å². The average molecular weight is 496 g/mol. The molecule has 11 heteroatoms. The summed E-state index contributed by atoms with van der Waals surface area (Å²) in [6, 6.07) is 5.36. The lowest BCUT2D eigenvalue weighted by atomic mass is 9.72. The van der Waals surface area contributed by atoms with Gasteiger partial charge < -0.3 is 5.32 Å². The summed E-state index contributed by atoms with van der Waals surface area (Å²) in [5.74, 6) is -4.56. The van der Waals surface area contributed by atoms with E-state index in [4.69, 9.17) is 11.6 Å². The molecule has 6 nitrogen and oxygen atoms in total. The van der Waals surface area contributed by atoms with Crippen molar-refractivity contribution in [3.63, 3.8) is 0 Å². The normalized spacial score (nSPS) is 22.1. The van der Waals surface area contributed by atoms with Crippen molar-refractivity contribution in [2.75, 3.05) is 4.90 Å². The Hall–Kier alpha value is -3.27. The van der Waals surface area contributed by atoms with E-state index in [9.17, 15) is 31.9 Å². The summed E-state index contributed by atoms with van der Waals surface area (Å²) >= 11 is 5.83. The molecule has 34 heavy (non-hydrogen) atoms. The molecule has 2 aromatic rings. The highest BCUT2D eigenvalue weighted by Gasteiger charge is 2.72. The molecular formula is C23H18ClF4N3O3. The zero-order valence-corrected chi connectivity index (χ0v) is 18.7. The molecule has 4 rings (SSSR count). The van der Waals surface area contributed by atoms with E-state index in [0.717, 1.165) is 18.2 Å². The number of anilines is 1. The second kappa shape index (κ2) is 7.90. The maximum Gasteiger partial charge on any atom is 0.425 e. The molecule has 2 aliphatic rings. The number of benzene rings is 1. The summed E-state index contributed by atoms with van der Waals surface area (Å²) < 4.78 is 58.1. The zero-order chi connectivity index (χ0) is 25.1. The highest BCUT2D eigenvalue weighted by Crippen LogP contribution is 2.53. The van der Waals surface area contributed by atoms with Crippen LogP contribution in [0.1, 0.15) is 37.0 Å². The largest absolute Gasteiger partial charge is 0.425 e. The molecule has 0 spiro atoms. The first-order valence-electron chi connectivity index (χ1n) is 10.1. The molecule has 1 aromatic carbocycles. The Bertz CT molecular complexity index is 1240. The number of aromatic nitrogens is 1. The number of amides is 2. The lowest BCUT2D eigenvalue weighted by Crippen LogP contribution is -2.66. The van der Waals surface area contributed by atoms with E-state index in [1.54, 1.807) is 13.8 Å². The summed E-state index contributed by atoms with van der Waals surface area (Å²) in [5, 5.41) is 1.39. The molecular weight excluding hydrogens is 478 g/mol. The second-order valence-corrected chi connectivity index (χ2v) is 9.35. The van der Waals surface area contributed by atoms with Gasteiger partial charge in [-0.3, -0.25) is 24.3 Å². The van der Waals surface area contributed by atoms with Crippen molar-refractivity contribution < 1.29 is 31.9 Å². The van der Waals surface area contributed by atoms with Gasteiger partial charge in [0.1, 0.15) is 5.82 Å². The third kappa shape index (κ3) is 3.66. The minimum Gasteiger partial charge on any atom is -0.326 e. The number of carbonyl (C=O) groups excluding carboxylic acids is 3. The fraction of sp³-hybridized carbons (Fsp3) is 0.304. The summed E-state index contributed by atoms with van der Waals surface area (Å²) in [7, 11) is 0. The molecule has 0 saturated carbocycles. The number of rotatable bonds is 3. The molecule has 1 aliphatic heterocycles. The van der Waals surface area contributed by atoms with Crippen molar-refractivity contribution in [2.24, 2.45) is 5.41 Å². The molecule has 0 radical (unpaired) electrons. The number of hydrogen-bond acceptors (Lipinski definition) is 4.